The van der Waals surface area contributed by atoms with Crippen molar-refractivity contribution in [2.45, 2.75) is 111 Å². The number of nitrogens with zero attached hydrogens (tertiary/aromatic N) is 1. The molecule has 0 heterocycles. The maximum atomic E-state index is 11.6. The average Bonchev–Trinajstić information content (AvgIpc) is 2.78. The first-order valence-corrected chi connectivity index (χ1v) is 12.9. The normalized spacial score (nSPS) is 11.4. The van der Waals surface area contributed by atoms with Crippen LogP contribution in [0.15, 0.2) is 12.2 Å². The van der Waals surface area contributed by atoms with E-state index in [1.54, 1.807) is 0 Å². The first kappa shape index (κ1) is 29.6. The van der Waals surface area contributed by atoms with E-state index in [0.717, 1.165) is 38.1 Å². The van der Waals surface area contributed by atoms with Crippen LogP contribution in [-0.4, -0.2) is 49.7 Å². The van der Waals surface area contributed by atoms with E-state index in [9.17, 15) is 9.59 Å². The molecule has 31 heavy (non-hydrogen) atoms. The zero-order valence-corrected chi connectivity index (χ0v) is 20.7. The molecular weight excluding hydrogens is 390 g/mol. The maximum absolute atomic E-state index is 11.6. The lowest BCUT2D eigenvalue weighted by Gasteiger charge is -2.16. The molecule has 0 unspecified atom stereocenters. The largest absolute Gasteiger partial charge is 0.463 e. The van der Waals surface area contributed by atoms with Crippen molar-refractivity contribution in [3.05, 3.63) is 12.2 Å². The van der Waals surface area contributed by atoms with Gasteiger partial charge < -0.3 is 14.4 Å². The molecule has 0 aromatic rings. The van der Waals surface area contributed by atoms with Crippen LogP contribution in [0.4, 0.5) is 0 Å². The van der Waals surface area contributed by atoms with Gasteiger partial charge in [-0.05, 0) is 19.5 Å². The first-order valence-electron chi connectivity index (χ1n) is 12.9. The molecule has 0 bridgehead atoms. The second kappa shape index (κ2) is 23.3. The SMILES string of the molecule is CCCCCCCCCCCCCCCCOC(=O)/C=C\C(=O)OCCN(CC)CC. The van der Waals surface area contributed by atoms with Crippen LogP contribution >= 0.6 is 0 Å². The molecule has 0 rings (SSSR count). The lowest BCUT2D eigenvalue weighted by Crippen LogP contribution is -2.27. The van der Waals surface area contributed by atoms with Crippen molar-refractivity contribution in [3.8, 4) is 0 Å². The molecule has 0 aliphatic rings. The Kier molecular flexibility index (Phi) is 22.3. The van der Waals surface area contributed by atoms with E-state index in [1.807, 2.05) is 0 Å². The summed E-state index contributed by atoms with van der Waals surface area (Å²) in [6.45, 7) is 9.71. The van der Waals surface area contributed by atoms with Crippen LogP contribution in [0.3, 0.4) is 0 Å². The highest BCUT2D eigenvalue weighted by atomic mass is 16.5. The zero-order valence-electron chi connectivity index (χ0n) is 20.7. The molecule has 5 nitrogen and oxygen atoms in total. The molecule has 0 aromatic carbocycles. The number of hydrogen-bond acceptors (Lipinski definition) is 5. The van der Waals surface area contributed by atoms with E-state index in [0.29, 0.717) is 19.8 Å². The van der Waals surface area contributed by atoms with Crippen molar-refractivity contribution in [1.29, 1.82) is 0 Å². The Labute approximate surface area is 191 Å². The van der Waals surface area contributed by atoms with Gasteiger partial charge in [0.2, 0.25) is 0 Å². The molecule has 5 heteroatoms. The first-order chi connectivity index (χ1) is 15.1. The van der Waals surface area contributed by atoms with Gasteiger partial charge in [0, 0.05) is 18.7 Å². The smallest absolute Gasteiger partial charge is 0.331 e. The molecule has 0 aromatic heterocycles. The summed E-state index contributed by atoms with van der Waals surface area (Å²) in [5.41, 5.74) is 0. The average molecular weight is 440 g/mol. The minimum Gasteiger partial charge on any atom is -0.463 e. The fraction of sp³-hybridized carbons (Fsp3) is 0.846. The van der Waals surface area contributed by atoms with Crippen LogP contribution in [0.25, 0.3) is 0 Å². The van der Waals surface area contributed by atoms with Crippen LogP contribution in [0.2, 0.25) is 0 Å². The van der Waals surface area contributed by atoms with E-state index in [2.05, 4.69) is 25.7 Å². The highest BCUT2D eigenvalue weighted by molar-refractivity contribution is 5.91. The zero-order chi connectivity index (χ0) is 23.0. The Morgan fingerprint density at radius 1 is 0.581 bits per heavy atom. The van der Waals surface area contributed by atoms with Gasteiger partial charge in [-0.1, -0.05) is 104 Å². The molecule has 0 saturated carbocycles. The molecule has 0 saturated heterocycles. The molecule has 0 spiro atoms. The van der Waals surface area contributed by atoms with Gasteiger partial charge in [0.05, 0.1) is 6.61 Å². The number of rotatable bonds is 22. The predicted octanol–water partition coefficient (Wildman–Crippen LogP) is 6.45. The van der Waals surface area contributed by atoms with E-state index in [-0.39, 0.29) is 0 Å². The molecular formula is C26H49NO4. The van der Waals surface area contributed by atoms with Crippen LogP contribution in [0, 0.1) is 0 Å². The Hall–Kier alpha value is -1.36. The van der Waals surface area contributed by atoms with Crippen LogP contribution in [0.1, 0.15) is 111 Å². The summed E-state index contributed by atoms with van der Waals surface area (Å²) in [6, 6.07) is 0. The molecule has 0 aliphatic carbocycles. The third-order valence-corrected chi connectivity index (χ3v) is 5.64. The number of unbranched alkanes of at least 4 members (excludes halogenated alkanes) is 13. The van der Waals surface area contributed by atoms with Gasteiger partial charge in [-0.2, -0.15) is 0 Å². The Morgan fingerprint density at radius 2 is 0.968 bits per heavy atom. The van der Waals surface area contributed by atoms with Gasteiger partial charge in [-0.3, -0.25) is 0 Å². The summed E-state index contributed by atoms with van der Waals surface area (Å²) < 4.78 is 10.2. The van der Waals surface area contributed by atoms with Gasteiger partial charge >= 0.3 is 11.9 Å². The number of ether oxygens (including phenoxy) is 2. The third-order valence-electron chi connectivity index (χ3n) is 5.64. The summed E-state index contributed by atoms with van der Waals surface area (Å²) >= 11 is 0. The summed E-state index contributed by atoms with van der Waals surface area (Å²) in [5.74, 6) is -0.976. The van der Waals surface area contributed by atoms with Crippen LogP contribution < -0.4 is 0 Å². The van der Waals surface area contributed by atoms with Crippen molar-refractivity contribution < 1.29 is 19.1 Å². The molecule has 0 N–H and O–H groups in total. The highest BCUT2D eigenvalue weighted by Crippen LogP contribution is 2.12. The fourth-order valence-electron chi connectivity index (χ4n) is 3.52. The molecule has 0 aliphatic heterocycles. The number of carbonyl (C=O) groups is 2. The predicted molar refractivity (Wildman–Crippen MR) is 129 cm³/mol. The van der Waals surface area contributed by atoms with Gasteiger partial charge in [0.15, 0.2) is 0 Å². The number of carbonyl (C=O) groups excluding carboxylic acids is 2. The van der Waals surface area contributed by atoms with Crippen molar-refractivity contribution >= 4 is 11.9 Å². The maximum Gasteiger partial charge on any atom is 0.331 e. The topological polar surface area (TPSA) is 55.8 Å². The number of likely N-dealkylation sites (N-methyl/N-ethyl adjacent to an activating group) is 1. The second-order valence-corrected chi connectivity index (χ2v) is 8.29. The van der Waals surface area contributed by atoms with Gasteiger partial charge in [-0.25, -0.2) is 9.59 Å². The summed E-state index contributed by atoms with van der Waals surface area (Å²) in [4.78, 5) is 25.4. The van der Waals surface area contributed by atoms with E-state index >= 15 is 0 Å². The number of hydrogen-bond donors (Lipinski definition) is 0. The van der Waals surface area contributed by atoms with Gasteiger partial charge in [0.1, 0.15) is 6.61 Å². The lowest BCUT2D eigenvalue weighted by molar-refractivity contribution is -0.140. The van der Waals surface area contributed by atoms with Crippen molar-refractivity contribution in [2.24, 2.45) is 0 Å². The van der Waals surface area contributed by atoms with Crippen molar-refractivity contribution in [3.63, 3.8) is 0 Å². The molecule has 0 fully saturated rings. The summed E-state index contributed by atoms with van der Waals surface area (Å²) in [7, 11) is 0. The van der Waals surface area contributed by atoms with Crippen molar-refractivity contribution in [1.82, 2.24) is 4.90 Å². The molecule has 182 valence electrons. The lowest BCUT2D eigenvalue weighted by atomic mass is 10.0. The van der Waals surface area contributed by atoms with E-state index in [1.165, 1.54) is 77.0 Å². The second-order valence-electron chi connectivity index (χ2n) is 8.29. The summed E-state index contributed by atoms with van der Waals surface area (Å²) in [5, 5.41) is 0. The Bertz CT molecular complexity index is 447. The molecule has 0 radical (unpaired) electrons. The quantitative estimate of drug-likeness (QED) is 0.110. The fourth-order valence-corrected chi connectivity index (χ4v) is 3.52. The van der Waals surface area contributed by atoms with Gasteiger partial charge in [0.25, 0.3) is 0 Å². The van der Waals surface area contributed by atoms with Gasteiger partial charge in [-0.15, -0.1) is 0 Å². The standard InChI is InChI=1S/C26H49NO4/c1-4-7-8-9-10-11-12-13-14-15-16-17-18-19-23-30-25(28)20-21-26(29)31-24-22-27(5-2)6-3/h20-21H,4-19,22-24H2,1-3H3/b21-20-. The minimum atomic E-state index is -0.499. The third kappa shape index (κ3) is 21.7. The van der Waals surface area contributed by atoms with E-state index < -0.39 is 11.9 Å². The Balaban J connectivity index is 3.42. The Morgan fingerprint density at radius 3 is 1.39 bits per heavy atom. The number of esters is 2. The summed E-state index contributed by atoms with van der Waals surface area (Å²) in [6.07, 6.45) is 20.5. The molecule has 0 atom stereocenters. The minimum absolute atomic E-state index is 0.332. The van der Waals surface area contributed by atoms with Crippen molar-refractivity contribution in [2.75, 3.05) is 32.8 Å². The van der Waals surface area contributed by atoms with E-state index in [4.69, 9.17) is 9.47 Å². The van der Waals surface area contributed by atoms with Crippen LogP contribution in [0.5, 0.6) is 0 Å². The monoisotopic (exact) mass is 439 g/mol. The van der Waals surface area contributed by atoms with Crippen LogP contribution in [-0.2, 0) is 19.1 Å². The highest BCUT2D eigenvalue weighted by Gasteiger charge is 2.03. The molecule has 0 amide bonds.